The first-order valence-corrected chi connectivity index (χ1v) is 11.2. The summed E-state index contributed by atoms with van der Waals surface area (Å²) in [5, 5.41) is 0. The Kier molecular flexibility index (Phi) is 5.81. The number of hydrogen-bond donors (Lipinski definition) is 0. The summed E-state index contributed by atoms with van der Waals surface area (Å²) in [7, 11) is 1.21. The number of ether oxygens (including phenoxy) is 6. The van der Waals surface area contributed by atoms with E-state index in [9.17, 15) is 19.2 Å². The van der Waals surface area contributed by atoms with Crippen LogP contribution in [0, 0.1) is 11.8 Å². The van der Waals surface area contributed by atoms with E-state index >= 15 is 0 Å². The van der Waals surface area contributed by atoms with Gasteiger partial charge in [0.25, 0.3) is 0 Å². The summed E-state index contributed by atoms with van der Waals surface area (Å²) in [6.07, 6.45) is -1.45. The first-order valence-electron chi connectivity index (χ1n) is 11.2. The van der Waals surface area contributed by atoms with Gasteiger partial charge in [-0.25, -0.2) is 9.59 Å². The number of allylic oxidation sites excluding steroid dienone is 1. The number of hydrogen-bond acceptors (Lipinski definition) is 10. The molecule has 4 aliphatic rings. The third-order valence-corrected chi connectivity index (χ3v) is 7.31. The topological polar surface area (TPSA) is 130 Å². The highest BCUT2D eigenvalue weighted by molar-refractivity contribution is 5.90. The quantitative estimate of drug-likeness (QED) is 0.339. The van der Waals surface area contributed by atoms with Gasteiger partial charge in [0.2, 0.25) is 0 Å². The van der Waals surface area contributed by atoms with E-state index in [0.29, 0.717) is 12.8 Å². The molecule has 9 atom stereocenters. The maximum Gasteiger partial charge on any atom is 0.341 e. The highest BCUT2D eigenvalue weighted by Crippen LogP contribution is 2.51. The molecule has 3 fully saturated rings. The van der Waals surface area contributed by atoms with Crippen molar-refractivity contribution in [2.45, 2.75) is 89.2 Å². The predicted octanol–water partition coefficient (Wildman–Crippen LogP) is 1.24. The minimum atomic E-state index is -1.30. The summed E-state index contributed by atoms with van der Waals surface area (Å²) < 4.78 is 33.5. The van der Waals surface area contributed by atoms with Gasteiger partial charge in [0.1, 0.15) is 12.2 Å². The van der Waals surface area contributed by atoms with E-state index in [-0.39, 0.29) is 11.7 Å². The fourth-order valence-corrected chi connectivity index (χ4v) is 4.93. The third kappa shape index (κ3) is 4.03. The first-order chi connectivity index (χ1) is 15.4. The molecule has 0 aromatic rings. The molecule has 0 amide bonds. The summed E-state index contributed by atoms with van der Waals surface area (Å²) in [6.45, 7) is 8.08. The SMILES string of the molecule is COC(=O)/C1=C/CCC2(C)OC2C2OC(=O)C(C)C2C(OC(=O)C2(C)OC2C)C1OC(C)=O. The van der Waals surface area contributed by atoms with Crippen molar-refractivity contribution >= 4 is 23.9 Å². The van der Waals surface area contributed by atoms with E-state index in [0.717, 1.165) is 0 Å². The first kappa shape index (κ1) is 23.7. The molecular weight excluding hydrogens is 436 g/mol. The number of carbonyl (C=O) groups excluding carboxylic acids is 4. The van der Waals surface area contributed by atoms with Crippen molar-refractivity contribution in [1.29, 1.82) is 0 Å². The monoisotopic (exact) mass is 466 g/mol. The van der Waals surface area contributed by atoms with Gasteiger partial charge in [0, 0.05) is 6.92 Å². The summed E-state index contributed by atoms with van der Waals surface area (Å²) in [5.41, 5.74) is -1.69. The smallest absolute Gasteiger partial charge is 0.341 e. The van der Waals surface area contributed by atoms with E-state index in [1.54, 1.807) is 26.8 Å². The van der Waals surface area contributed by atoms with Crippen molar-refractivity contribution < 1.29 is 47.6 Å². The van der Waals surface area contributed by atoms with Crippen molar-refractivity contribution in [3.63, 3.8) is 0 Å². The third-order valence-electron chi connectivity index (χ3n) is 7.31. The van der Waals surface area contributed by atoms with Crippen LogP contribution in [0.4, 0.5) is 0 Å². The standard InChI is InChI=1S/C23H30O10/c1-10-14-16(31-21(27)23(5)11(2)32-23)15(29-12(3)24)13(20(26)28-6)8-7-9-22(4)18(33-22)17(14)30-19(10)25/h8,10-11,14-18H,7,9H2,1-6H3/b13-8+. The van der Waals surface area contributed by atoms with E-state index in [2.05, 4.69) is 0 Å². The fourth-order valence-electron chi connectivity index (χ4n) is 4.93. The normalized spacial score (nSPS) is 45.3. The Balaban J connectivity index is 1.82. The molecule has 0 bridgehead atoms. The lowest BCUT2D eigenvalue weighted by Gasteiger charge is -2.35. The molecule has 3 heterocycles. The second kappa shape index (κ2) is 8.09. The molecule has 3 saturated heterocycles. The zero-order valence-corrected chi connectivity index (χ0v) is 19.6. The van der Waals surface area contributed by atoms with Crippen LogP contribution < -0.4 is 0 Å². The number of rotatable bonds is 4. The van der Waals surface area contributed by atoms with Crippen LogP contribution in [0.2, 0.25) is 0 Å². The maximum absolute atomic E-state index is 13.1. The average Bonchev–Trinajstić information content (AvgIpc) is 3.57. The number of epoxide rings is 2. The lowest BCUT2D eigenvalue weighted by Crippen LogP contribution is -2.50. The number of carbonyl (C=O) groups is 4. The van der Waals surface area contributed by atoms with Crippen LogP contribution in [0.5, 0.6) is 0 Å². The molecule has 1 aliphatic carbocycles. The van der Waals surface area contributed by atoms with Gasteiger partial charge in [0.05, 0.1) is 36.2 Å². The molecule has 3 aliphatic heterocycles. The van der Waals surface area contributed by atoms with Gasteiger partial charge in [-0.15, -0.1) is 0 Å². The summed E-state index contributed by atoms with van der Waals surface area (Å²) in [5.74, 6) is -4.00. The molecular formula is C23H30O10. The molecule has 9 unspecified atom stereocenters. The lowest BCUT2D eigenvalue weighted by molar-refractivity contribution is -0.176. The Labute approximate surface area is 191 Å². The van der Waals surface area contributed by atoms with Gasteiger partial charge in [-0.3, -0.25) is 9.59 Å². The molecule has 0 aromatic carbocycles. The predicted molar refractivity (Wildman–Crippen MR) is 110 cm³/mol. The molecule has 33 heavy (non-hydrogen) atoms. The molecule has 0 aromatic heterocycles. The van der Waals surface area contributed by atoms with Crippen molar-refractivity contribution in [2.24, 2.45) is 11.8 Å². The molecule has 10 nitrogen and oxygen atoms in total. The van der Waals surface area contributed by atoms with E-state index in [4.69, 9.17) is 28.4 Å². The highest BCUT2D eigenvalue weighted by atomic mass is 16.7. The van der Waals surface area contributed by atoms with E-state index in [1.807, 2.05) is 6.92 Å². The molecule has 0 radical (unpaired) electrons. The number of methoxy groups -OCH3 is 1. The Morgan fingerprint density at radius 1 is 1.12 bits per heavy atom. The molecule has 10 heteroatoms. The van der Waals surface area contributed by atoms with E-state index < -0.39 is 71.3 Å². The molecule has 0 N–H and O–H groups in total. The Hall–Kier alpha value is -2.46. The average molecular weight is 466 g/mol. The second-order valence-corrected chi connectivity index (χ2v) is 9.58. The minimum absolute atomic E-state index is 0.0356. The van der Waals surface area contributed by atoms with Gasteiger partial charge >= 0.3 is 23.9 Å². The van der Waals surface area contributed by atoms with Crippen LogP contribution >= 0.6 is 0 Å². The maximum atomic E-state index is 13.1. The second-order valence-electron chi connectivity index (χ2n) is 9.58. The van der Waals surface area contributed by atoms with Crippen LogP contribution in [-0.4, -0.2) is 72.7 Å². The fraction of sp³-hybridized carbons (Fsp3) is 0.739. The van der Waals surface area contributed by atoms with Crippen LogP contribution in [0.15, 0.2) is 11.6 Å². The van der Waals surface area contributed by atoms with Gasteiger partial charge in [0.15, 0.2) is 17.8 Å². The Morgan fingerprint density at radius 2 is 1.79 bits per heavy atom. The molecule has 0 spiro atoms. The van der Waals surface area contributed by atoms with Crippen LogP contribution in [0.1, 0.15) is 47.5 Å². The van der Waals surface area contributed by atoms with Crippen LogP contribution in [0.25, 0.3) is 0 Å². The molecule has 182 valence electrons. The van der Waals surface area contributed by atoms with Gasteiger partial charge < -0.3 is 28.4 Å². The van der Waals surface area contributed by atoms with Crippen molar-refractivity contribution in [3.05, 3.63) is 11.6 Å². The van der Waals surface area contributed by atoms with Crippen molar-refractivity contribution in [3.8, 4) is 0 Å². The zero-order chi connectivity index (χ0) is 24.3. The summed E-state index contributed by atoms with van der Waals surface area (Å²) >= 11 is 0. The number of esters is 4. The van der Waals surface area contributed by atoms with Gasteiger partial charge in [-0.1, -0.05) is 13.0 Å². The van der Waals surface area contributed by atoms with Gasteiger partial charge in [-0.05, 0) is 33.6 Å². The van der Waals surface area contributed by atoms with Gasteiger partial charge in [-0.2, -0.15) is 0 Å². The van der Waals surface area contributed by atoms with E-state index in [1.165, 1.54) is 14.0 Å². The number of fused-ring (bicyclic) bond motifs is 3. The minimum Gasteiger partial charge on any atom is -0.466 e. The summed E-state index contributed by atoms with van der Waals surface area (Å²) in [6, 6.07) is 0. The zero-order valence-electron chi connectivity index (χ0n) is 19.6. The van der Waals surface area contributed by atoms with Crippen molar-refractivity contribution in [2.75, 3.05) is 7.11 Å². The molecule has 4 rings (SSSR count). The summed E-state index contributed by atoms with van der Waals surface area (Å²) in [4.78, 5) is 50.6. The van der Waals surface area contributed by atoms with Crippen LogP contribution in [-0.2, 0) is 47.6 Å². The van der Waals surface area contributed by atoms with Crippen LogP contribution in [0.3, 0.4) is 0 Å². The Morgan fingerprint density at radius 3 is 2.36 bits per heavy atom. The largest absolute Gasteiger partial charge is 0.466 e. The molecule has 0 saturated carbocycles. The highest BCUT2D eigenvalue weighted by Gasteiger charge is 2.66. The Bertz CT molecular complexity index is 911. The van der Waals surface area contributed by atoms with Crippen molar-refractivity contribution in [1.82, 2.24) is 0 Å². The lowest BCUT2D eigenvalue weighted by atomic mass is 9.78.